The molecular weight excluding hydrogens is 334 g/mol. The van der Waals surface area contributed by atoms with Crippen molar-refractivity contribution in [2.75, 3.05) is 0 Å². The van der Waals surface area contributed by atoms with E-state index in [2.05, 4.69) is 101 Å². The molecule has 0 spiro atoms. The maximum atomic E-state index is 6.11. The van der Waals surface area contributed by atoms with E-state index in [9.17, 15) is 0 Å². The molecule has 26 heavy (non-hydrogen) atoms. The largest absolute Gasteiger partial charge is 0.353 e. The predicted molar refractivity (Wildman–Crippen MR) is 115 cm³/mol. The van der Waals surface area contributed by atoms with Crippen LogP contribution in [0.3, 0.4) is 0 Å². The second kappa shape index (κ2) is 6.81. The monoisotopic (exact) mass is 365 g/mol. The molecule has 1 saturated heterocycles. The normalized spacial score (nSPS) is 23.3. The first kappa shape index (κ1) is 19.1. The van der Waals surface area contributed by atoms with Crippen molar-refractivity contribution in [3.05, 3.63) is 71.3 Å². The van der Waals surface area contributed by atoms with Gasteiger partial charge in [0.05, 0.1) is 16.4 Å². The predicted octanol–water partition coefficient (Wildman–Crippen LogP) is 6.57. The Morgan fingerprint density at radius 2 is 1.58 bits per heavy atom. The summed E-state index contributed by atoms with van der Waals surface area (Å²) in [5, 5.41) is 0. The fourth-order valence-corrected chi connectivity index (χ4v) is 5.88. The van der Waals surface area contributed by atoms with Gasteiger partial charge in [0, 0.05) is 6.54 Å². The van der Waals surface area contributed by atoms with Crippen molar-refractivity contribution in [3.8, 4) is 0 Å². The van der Waals surface area contributed by atoms with Crippen LogP contribution in [0.2, 0.25) is 0 Å². The van der Waals surface area contributed by atoms with Gasteiger partial charge < -0.3 is 4.90 Å². The van der Waals surface area contributed by atoms with Crippen molar-refractivity contribution < 1.29 is 0 Å². The first-order chi connectivity index (χ1) is 12.2. The van der Waals surface area contributed by atoms with Crippen LogP contribution in [0.15, 0.2) is 54.6 Å². The Morgan fingerprint density at radius 1 is 1.00 bits per heavy atom. The molecule has 3 rings (SSSR count). The van der Waals surface area contributed by atoms with Gasteiger partial charge in [-0.1, -0.05) is 101 Å². The van der Waals surface area contributed by atoms with Gasteiger partial charge in [0.25, 0.3) is 0 Å². The number of benzene rings is 2. The quantitative estimate of drug-likeness (QED) is 0.564. The third-order valence-corrected chi connectivity index (χ3v) is 6.76. The Kier molecular flexibility index (Phi) is 5.00. The van der Waals surface area contributed by atoms with Crippen LogP contribution in [0.25, 0.3) is 0 Å². The molecule has 2 aromatic rings. The summed E-state index contributed by atoms with van der Waals surface area (Å²) in [5.41, 5.74) is 4.18. The molecule has 0 aromatic heterocycles. The third-order valence-electron chi connectivity index (χ3n) is 6.19. The van der Waals surface area contributed by atoms with E-state index >= 15 is 0 Å². The van der Waals surface area contributed by atoms with Gasteiger partial charge in [0.15, 0.2) is 0 Å². The Hall–Kier alpha value is -1.67. The smallest absolute Gasteiger partial charge is 0.0882 e. The molecule has 1 nitrogen and oxygen atoms in total. The summed E-state index contributed by atoms with van der Waals surface area (Å²) >= 11 is 6.11. The number of nitrogens with zero attached hydrogens (tertiary/aromatic N) is 1. The van der Waals surface area contributed by atoms with E-state index < -0.39 is 0 Å². The molecule has 0 saturated carbocycles. The molecule has 1 aliphatic heterocycles. The van der Waals surface area contributed by atoms with E-state index in [0.29, 0.717) is 12.0 Å². The highest BCUT2D eigenvalue weighted by atomic mass is 32.1. The highest BCUT2D eigenvalue weighted by Gasteiger charge is 2.64. The highest BCUT2D eigenvalue weighted by molar-refractivity contribution is 7.80. The van der Waals surface area contributed by atoms with E-state index in [1.165, 1.54) is 16.7 Å². The summed E-state index contributed by atoms with van der Waals surface area (Å²) in [7, 11) is 0. The third kappa shape index (κ3) is 2.79. The van der Waals surface area contributed by atoms with Crippen molar-refractivity contribution in [2.45, 2.75) is 54.1 Å². The fourth-order valence-electron chi connectivity index (χ4n) is 5.06. The van der Waals surface area contributed by atoms with Crippen LogP contribution >= 0.6 is 12.2 Å². The lowest BCUT2D eigenvalue weighted by Crippen LogP contribution is -2.69. The number of hydrogen-bond donors (Lipinski definition) is 0. The van der Waals surface area contributed by atoms with E-state index in [1.807, 2.05) is 0 Å². The highest BCUT2D eigenvalue weighted by Crippen LogP contribution is 2.64. The second-order valence-corrected chi connectivity index (χ2v) is 9.34. The van der Waals surface area contributed by atoms with Gasteiger partial charge in [-0.05, 0) is 34.9 Å². The molecule has 0 amide bonds. The number of thiocarbonyl (C=S) groups is 1. The van der Waals surface area contributed by atoms with E-state index in [1.54, 1.807) is 0 Å². The SMILES string of the molecule is Cc1ccccc1C1N(Cc2ccccc2)C(=S)C1(C(C)C)C(C)(C)C. The van der Waals surface area contributed by atoms with Gasteiger partial charge in [0.1, 0.15) is 0 Å². The zero-order chi connectivity index (χ0) is 19.1. The van der Waals surface area contributed by atoms with Gasteiger partial charge in [-0.3, -0.25) is 0 Å². The molecule has 1 aliphatic rings. The Labute approximate surface area is 164 Å². The number of hydrogen-bond acceptors (Lipinski definition) is 1. The lowest BCUT2D eigenvalue weighted by molar-refractivity contribution is -0.0484. The van der Waals surface area contributed by atoms with E-state index in [4.69, 9.17) is 12.2 Å². The minimum atomic E-state index is -0.0107. The van der Waals surface area contributed by atoms with Crippen molar-refractivity contribution in [1.29, 1.82) is 0 Å². The zero-order valence-electron chi connectivity index (χ0n) is 16.9. The summed E-state index contributed by atoms with van der Waals surface area (Å²) in [4.78, 5) is 3.58. The van der Waals surface area contributed by atoms with Crippen molar-refractivity contribution in [2.24, 2.45) is 16.7 Å². The minimum Gasteiger partial charge on any atom is -0.353 e. The van der Waals surface area contributed by atoms with Crippen molar-refractivity contribution >= 4 is 17.2 Å². The molecular formula is C24H31NS. The van der Waals surface area contributed by atoms with Gasteiger partial charge in [-0.25, -0.2) is 0 Å². The maximum absolute atomic E-state index is 6.11. The molecule has 1 heterocycles. The van der Waals surface area contributed by atoms with Crippen molar-refractivity contribution in [3.63, 3.8) is 0 Å². The minimum absolute atomic E-state index is 0.0107. The lowest BCUT2D eigenvalue weighted by atomic mass is 9.50. The first-order valence-electron chi connectivity index (χ1n) is 9.61. The van der Waals surface area contributed by atoms with Gasteiger partial charge in [-0.2, -0.15) is 0 Å². The van der Waals surface area contributed by atoms with Crippen LogP contribution in [0.4, 0.5) is 0 Å². The van der Waals surface area contributed by atoms with Crippen LogP contribution < -0.4 is 0 Å². The lowest BCUT2D eigenvalue weighted by Gasteiger charge is -2.67. The van der Waals surface area contributed by atoms with Crippen LogP contribution in [0.1, 0.15) is 57.4 Å². The topological polar surface area (TPSA) is 3.24 Å². The summed E-state index contributed by atoms with van der Waals surface area (Å²) in [5.74, 6) is 0.478. The first-order valence-corrected chi connectivity index (χ1v) is 10.0. The summed E-state index contributed by atoms with van der Waals surface area (Å²) in [6.45, 7) is 14.8. The molecule has 138 valence electrons. The molecule has 1 fully saturated rings. The van der Waals surface area contributed by atoms with Crippen LogP contribution in [-0.2, 0) is 6.54 Å². The Balaban J connectivity index is 2.12. The van der Waals surface area contributed by atoms with Crippen LogP contribution in [-0.4, -0.2) is 9.89 Å². The Bertz CT molecular complexity index is 787. The summed E-state index contributed by atoms with van der Waals surface area (Å²) < 4.78 is 0. The second-order valence-electron chi connectivity index (χ2n) is 8.95. The van der Waals surface area contributed by atoms with Gasteiger partial charge >= 0.3 is 0 Å². The molecule has 0 N–H and O–H groups in total. The number of aryl methyl sites for hydroxylation is 1. The van der Waals surface area contributed by atoms with Crippen LogP contribution in [0, 0.1) is 23.7 Å². The Morgan fingerprint density at radius 3 is 2.12 bits per heavy atom. The molecule has 2 atom stereocenters. The number of likely N-dealkylation sites (tertiary alicyclic amines) is 1. The van der Waals surface area contributed by atoms with Gasteiger partial charge in [0.2, 0.25) is 0 Å². The number of rotatable bonds is 4. The standard InChI is InChI=1S/C24H31NS/c1-17(2)24(23(4,5)6)21(20-15-11-10-12-18(20)3)25(22(24)26)16-19-13-8-7-9-14-19/h7-15,17,21H,16H2,1-6H3. The summed E-state index contributed by atoms with van der Waals surface area (Å²) in [6.07, 6.45) is 0. The summed E-state index contributed by atoms with van der Waals surface area (Å²) in [6, 6.07) is 19.8. The van der Waals surface area contributed by atoms with Gasteiger partial charge in [-0.15, -0.1) is 0 Å². The molecule has 0 radical (unpaired) electrons. The zero-order valence-corrected chi connectivity index (χ0v) is 17.7. The van der Waals surface area contributed by atoms with Crippen molar-refractivity contribution in [1.82, 2.24) is 4.90 Å². The fraction of sp³-hybridized carbons (Fsp3) is 0.458. The van der Waals surface area contributed by atoms with Crippen LogP contribution in [0.5, 0.6) is 0 Å². The van der Waals surface area contributed by atoms with E-state index in [0.717, 1.165) is 11.5 Å². The van der Waals surface area contributed by atoms with E-state index in [-0.39, 0.29) is 10.8 Å². The molecule has 2 heteroatoms. The average molecular weight is 366 g/mol. The molecule has 0 bridgehead atoms. The molecule has 0 aliphatic carbocycles. The molecule has 2 aromatic carbocycles. The maximum Gasteiger partial charge on any atom is 0.0882 e. The average Bonchev–Trinajstić information content (AvgIpc) is 2.57. The molecule has 2 unspecified atom stereocenters.